The number of Topliss-reactive ketones (excluding diaryl/α,β-unsaturated/α-hetero) is 1. The van der Waals surface area contributed by atoms with E-state index < -0.39 is 17.2 Å². The van der Waals surface area contributed by atoms with Crippen molar-refractivity contribution in [3.05, 3.63) is 29.8 Å². The first kappa shape index (κ1) is 17.9. The monoisotopic (exact) mass is 336 g/mol. The molecule has 1 heterocycles. The fraction of sp³-hybridized carbons (Fsp3) is 0.529. The van der Waals surface area contributed by atoms with E-state index in [1.807, 2.05) is 32.9 Å². The van der Waals surface area contributed by atoms with Crippen LogP contribution in [0.4, 0.5) is 4.79 Å². The van der Waals surface area contributed by atoms with Crippen molar-refractivity contribution in [2.75, 3.05) is 13.1 Å². The van der Waals surface area contributed by atoms with Crippen molar-refractivity contribution in [1.29, 1.82) is 0 Å². The Morgan fingerprint density at radius 1 is 1.35 bits per heavy atom. The third kappa shape index (κ3) is 4.52. The summed E-state index contributed by atoms with van der Waals surface area (Å²) < 4.78 is 5.39. The van der Waals surface area contributed by atoms with Crippen LogP contribution >= 0.6 is 9.24 Å². The van der Waals surface area contributed by atoms with Gasteiger partial charge in [0.2, 0.25) is 0 Å². The fourth-order valence-corrected chi connectivity index (χ4v) is 3.01. The largest absolute Gasteiger partial charge is 0.444 e. The molecule has 1 aliphatic heterocycles. The molecule has 1 aromatic rings. The van der Waals surface area contributed by atoms with Crippen LogP contribution in [-0.2, 0) is 4.74 Å². The maximum atomic E-state index is 12.8. The Morgan fingerprint density at radius 3 is 2.65 bits per heavy atom. The number of carbonyl (C=O) groups excluding carboxylic acids is 2. The second-order valence-corrected chi connectivity index (χ2v) is 7.78. The molecule has 23 heavy (non-hydrogen) atoms. The van der Waals surface area contributed by atoms with Gasteiger partial charge in [0.25, 0.3) is 0 Å². The number of nitrogens with zero attached hydrogens (tertiary/aromatic N) is 1. The molecule has 5 nitrogen and oxygen atoms in total. The van der Waals surface area contributed by atoms with Gasteiger partial charge in [-0.3, -0.25) is 4.79 Å². The molecule has 0 bridgehead atoms. The Bertz CT molecular complexity index is 612. The van der Waals surface area contributed by atoms with Crippen molar-refractivity contribution < 1.29 is 14.3 Å². The van der Waals surface area contributed by atoms with E-state index in [9.17, 15) is 9.59 Å². The van der Waals surface area contributed by atoms with Crippen LogP contribution in [0.15, 0.2) is 24.3 Å². The van der Waals surface area contributed by atoms with Gasteiger partial charge in [-0.2, -0.15) is 0 Å². The highest BCUT2D eigenvalue weighted by Crippen LogP contribution is 2.24. The topological polar surface area (TPSA) is 72.6 Å². The second kappa shape index (κ2) is 6.58. The number of piperidine rings is 1. The zero-order chi connectivity index (χ0) is 17.3. The summed E-state index contributed by atoms with van der Waals surface area (Å²) in [5.41, 5.74) is 5.32. The molecule has 1 aliphatic rings. The fourth-order valence-electron chi connectivity index (χ4n) is 2.72. The Balaban J connectivity index is 2.15. The minimum Gasteiger partial charge on any atom is -0.444 e. The molecule has 0 saturated carbocycles. The number of amides is 1. The molecule has 126 valence electrons. The number of likely N-dealkylation sites (tertiary alicyclic amines) is 1. The van der Waals surface area contributed by atoms with Crippen LogP contribution in [-0.4, -0.2) is 41.0 Å². The Morgan fingerprint density at radius 2 is 2.04 bits per heavy atom. The number of nitrogens with two attached hydrogens (primary N) is 1. The number of benzene rings is 1. The standard InChI is InChI=1S/C17H25N2O3P/c1-16(2,3)22-15(21)19-9-5-8-17(18,11-19)14(20)12-6-4-7-13(23)10-12/h4,6-7,10H,5,8-9,11,18,23H2,1-3H3. The summed E-state index contributed by atoms with van der Waals surface area (Å²) in [5.74, 6) is -0.130. The molecule has 2 unspecified atom stereocenters. The van der Waals surface area contributed by atoms with E-state index in [0.717, 1.165) is 5.30 Å². The predicted molar refractivity (Wildman–Crippen MR) is 94.1 cm³/mol. The van der Waals surface area contributed by atoms with Gasteiger partial charge in [0.1, 0.15) is 5.60 Å². The Labute approximate surface area is 139 Å². The first-order valence-corrected chi connectivity index (χ1v) is 8.36. The molecule has 1 fully saturated rings. The molecule has 0 radical (unpaired) electrons. The summed E-state index contributed by atoms with van der Waals surface area (Å²) in [6.45, 7) is 6.20. The number of rotatable bonds is 2. The van der Waals surface area contributed by atoms with Gasteiger partial charge in [0.05, 0.1) is 5.54 Å². The van der Waals surface area contributed by atoms with Crippen LogP contribution in [0, 0.1) is 0 Å². The highest BCUT2D eigenvalue weighted by Gasteiger charge is 2.41. The number of ether oxygens (including phenoxy) is 1. The first-order chi connectivity index (χ1) is 10.6. The average Bonchev–Trinajstić information content (AvgIpc) is 2.44. The molecular weight excluding hydrogens is 311 g/mol. The normalized spacial score (nSPS) is 21.9. The smallest absolute Gasteiger partial charge is 0.410 e. The highest BCUT2D eigenvalue weighted by atomic mass is 31.0. The lowest BCUT2D eigenvalue weighted by Crippen LogP contribution is -2.60. The molecule has 0 aromatic heterocycles. The van der Waals surface area contributed by atoms with Gasteiger partial charge in [0, 0.05) is 18.7 Å². The Kier molecular flexibility index (Phi) is 5.12. The second-order valence-electron chi connectivity index (χ2n) is 7.12. The minimum atomic E-state index is -1.06. The van der Waals surface area contributed by atoms with E-state index in [1.165, 1.54) is 4.90 Å². The summed E-state index contributed by atoms with van der Waals surface area (Å²) in [7, 11) is 2.57. The van der Waals surface area contributed by atoms with Crippen LogP contribution in [0.2, 0.25) is 0 Å². The maximum Gasteiger partial charge on any atom is 0.410 e. The van der Waals surface area contributed by atoms with Crippen molar-refractivity contribution in [3.8, 4) is 0 Å². The summed E-state index contributed by atoms with van der Waals surface area (Å²) in [4.78, 5) is 26.6. The molecule has 2 N–H and O–H groups in total. The van der Waals surface area contributed by atoms with Gasteiger partial charge in [-0.1, -0.05) is 18.2 Å². The number of hydrogen-bond donors (Lipinski definition) is 1. The third-order valence-electron chi connectivity index (χ3n) is 3.78. The third-order valence-corrected chi connectivity index (χ3v) is 4.14. The lowest BCUT2D eigenvalue weighted by Gasteiger charge is -2.39. The quantitative estimate of drug-likeness (QED) is 0.663. The summed E-state index contributed by atoms with van der Waals surface area (Å²) >= 11 is 0. The van der Waals surface area contributed by atoms with E-state index in [-0.39, 0.29) is 12.3 Å². The SMILES string of the molecule is CC(C)(C)OC(=O)N1CCCC(N)(C(=O)c2cccc(P)c2)C1. The van der Waals surface area contributed by atoms with Crippen molar-refractivity contribution >= 4 is 26.4 Å². The molecule has 1 aromatic carbocycles. The average molecular weight is 336 g/mol. The molecule has 0 spiro atoms. The molecule has 2 atom stereocenters. The van der Waals surface area contributed by atoms with E-state index in [2.05, 4.69) is 9.24 Å². The maximum absolute atomic E-state index is 12.8. The van der Waals surface area contributed by atoms with Gasteiger partial charge in [-0.25, -0.2) is 4.79 Å². The molecule has 0 aliphatic carbocycles. The molecular formula is C17H25N2O3P. The van der Waals surface area contributed by atoms with Gasteiger partial charge in [-0.15, -0.1) is 9.24 Å². The van der Waals surface area contributed by atoms with Crippen LogP contribution in [0.5, 0.6) is 0 Å². The zero-order valence-electron chi connectivity index (χ0n) is 14.0. The number of carbonyl (C=O) groups is 2. The van der Waals surface area contributed by atoms with Gasteiger partial charge < -0.3 is 15.4 Å². The molecule has 6 heteroatoms. The summed E-state index contributed by atoms with van der Waals surface area (Å²) in [6, 6.07) is 7.29. The molecule has 2 rings (SSSR count). The lowest BCUT2D eigenvalue weighted by atomic mass is 9.83. The first-order valence-electron chi connectivity index (χ1n) is 7.78. The van der Waals surface area contributed by atoms with E-state index in [1.54, 1.807) is 12.1 Å². The number of hydrogen-bond acceptors (Lipinski definition) is 4. The van der Waals surface area contributed by atoms with Crippen molar-refractivity contribution in [3.63, 3.8) is 0 Å². The van der Waals surface area contributed by atoms with Crippen LogP contribution < -0.4 is 11.0 Å². The summed E-state index contributed by atoms with van der Waals surface area (Å²) in [6.07, 6.45) is 0.827. The van der Waals surface area contributed by atoms with Crippen molar-refractivity contribution in [2.24, 2.45) is 5.73 Å². The van der Waals surface area contributed by atoms with E-state index in [4.69, 9.17) is 10.5 Å². The molecule has 1 amide bonds. The van der Waals surface area contributed by atoms with Gasteiger partial charge in [0.15, 0.2) is 5.78 Å². The highest BCUT2D eigenvalue weighted by molar-refractivity contribution is 7.27. The van der Waals surface area contributed by atoms with Crippen molar-refractivity contribution in [1.82, 2.24) is 4.90 Å². The Hall–Kier alpha value is -1.45. The lowest BCUT2D eigenvalue weighted by molar-refractivity contribution is 0.0148. The minimum absolute atomic E-state index is 0.130. The van der Waals surface area contributed by atoms with Crippen LogP contribution in [0.3, 0.4) is 0 Å². The van der Waals surface area contributed by atoms with Gasteiger partial charge >= 0.3 is 6.09 Å². The van der Waals surface area contributed by atoms with Crippen molar-refractivity contribution in [2.45, 2.75) is 44.8 Å². The number of ketones is 1. The zero-order valence-corrected chi connectivity index (χ0v) is 15.1. The van der Waals surface area contributed by atoms with Crippen LogP contribution in [0.1, 0.15) is 44.0 Å². The van der Waals surface area contributed by atoms with Crippen LogP contribution in [0.25, 0.3) is 0 Å². The molecule has 1 saturated heterocycles. The summed E-state index contributed by atoms with van der Waals surface area (Å²) in [5, 5.41) is 0.930. The van der Waals surface area contributed by atoms with Gasteiger partial charge in [-0.05, 0) is 45.0 Å². The van der Waals surface area contributed by atoms with E-state index in [0.29, 0.717) is 24.9 Å². The predicted octanol–water partition coefficient (Wildman–Crippen LogP) is 2.10. The van der Waals surface area contributed by atoms with E-state index >= 15 is 0 Å².